The van der Waals surface area contributed by atoms with Crippen LogP contribution in [0.15, 0.2) is 71.7 Å². The number of carbonyl (C=O) groups is 2. The van der Waals surface area contributed by atoms with Gasteiger partial charge in [-0.3, -0.25) is 14.6 Å². The number of nitrogens with one attached hydrogen (secondary N) is 1. The van der Waals surface area contributed by atoms with Gasteiger partial charge in [0.1, 0.15) is 5.82 Å². The van der Waals surface area contributed by atoms with E-state index in [0.29, 0.717) is 17.8 Å². The zero-order valence-electron chi connectivity index (χ0n) is 20.1. The average molecular weight is 504 g/mol. The maximum absolute atomic E-state index is 13.7. The first-order valence-corrected chi connectivity index (χ1v) is 12.5. The minimum atomic E-state index is -0.542. The summed E-state index contributed by atoms with van der Waals surface area (Å²) in [6.07, 6.45) is 5.03. The molecule has 0 saturated heterocycles. The monoisotopic (exact) mass is 503 g/mol. The molecule has 2 amide bonds. The van der Waals surface area contributed by atoms with Crippen molar-refractivity contribution in [1.82, 2.24) is 0 Å². The molecule has 1 heterocycles. The van der Waals surface area contributed by atoms with E-state index in [-0.39, 0.29) is 21.9 Å². The van der Waals surface area contributed by atoms with Crippen LogP contribution in [0, 0.1) is 11.2 Å². The average Bonchev–Trinajstić information content (AvgIpc) is 3.20. The summed E-state index contributed by atoms with van der Waals surface area (Å²) < 4.78 is 13.6. The van der Waals surface area contributed by atoms with Gasteiger partial charge < -0.3 is 10.2 Å². The van der Waals surface area contributed by atoms with Gasteiger partial charge in [0.25, 0.3) is 11.8 Å². The number of halogens is 2. The Morgan fingerprint density at radius 1 is 1.06 bits per heavy atom. The fraction of sp³-hybridized carbons (Fsp3) is 0.276. The third-order valence-corrected chi connectivity index (χ3v) is 7.71. The highest BCUT2D eigenvalue weighted by atomic mass is 35.5. The van der Waals surface area contributed by atoms with Crippen molar-refractivity contribution in [2.75, 3.05) is 23.8 Å². The lowest BCUT2D eigenvalue weighted by atomic mass is 9.76. The lowest BCUT2D eigenvalue weighted by molar-refractivity contribution is 0.0984. The van der Waals surface area contributed by atoms with Gasteiger partial charge in [-0.25, -0.2) is 4.39 Å². The van der Waals surface area contributed by atoms with Crippen LogP contribution in [0.3, 0.4) is 0 Å². The predicted octanol–water partition coefficient (Wildman–Crippen LogP) is 6.57. The van der Waals surface area contributed by atoms with Crippen LogP contribution >= 0.6 is 11.6 Å². The van der Waals surface area contributed by atoms with Gasteiger partial charge in [0.05, 0.1) is 10.6 Å². The maximum Gasteiger partial charge on any atom is 0.258 e. The number of fused-ring (bicyclic) bond motifs is 1. The molecule has 36 heavy (non-hydrogen) atoms. The van der Waals surface area contributed by atoms with E-state index in [1.165, 1.54) is 23.4 Å². The first-order valence-electron chi connectivity index (χ1n) is 12.1. The molecular formula is C29H27ClFN3O2. The molecule has 1 aliphatic heterocycles. The molecule has 1 atom stereocenters. The number of nitrogens with zero attached hydrogens (tertiary/aromatic N) is 2. The van der Waals surface area contributed by atoms with Crippen molar-refractivity contribution in [1.29, 1.82) is 0 Å². The Bertz CT molecular complexity index is 1350. The molecule has 2 aliphatic rings. The summed E-state index contributed by atoms with van der Waals surface area (Å²) in [5.41, 5.74) is 4.47. The van der Waals surface area contributed by atoms with Gasteiger partial charge in [-0.2, -0.15) is 0 Å². The number of aliphatic imine (C=N–C) groups is 1. The summed E-state index contributed by atoms with van der Waals surface area (Å²) in [4.78, 5) is 32.7. The number of hydrogen-bond acceptors (Lipinski definition) is 3. The molecule has 1 fully saturated rings. The van der Waals surface area contributed by atoms with Crippen molar-refractivity contribution in [3.63, 3.8) is 0 Å². The summed E-state index contributed by atoms with van der Waals surface area (Å²) in [6.45, 7) is 0.616. The molecule has 1 N–H and O–H groups in total. The summed E-state index contributed by atoms with van der Waals surface area (Å²) >= 11 is 6.04. The number of para-hydroxylation sites is 1. The summed E-state index contributed by atoms with van der Waals surface area (Å²) in [6, 6.07) is 18.5. The van der Waals surface area contributed by atoms with Gasteiger partial charge in [-0.05, 0) is 86.2 Å². The van der Waals surface area contributed by atoms with Crippen LogP contribution in [0.4, 0.5) is 15.8 Å². The molecule has 3 aromatic rings. The van der Waals surface area contributed by atoms with E-state index < -0.39 is 11.7 Å². The Hall–Kier alpha value is -3.51. The second kappa shape index (κ2) is 9.86. The number of carbonyl (C=O) groups excluding carboxylic acids is 2. The number of rotatable bonds is 3. The summed E-state index contributed by atoms with van der Waals surface area (Å²) in [5, 5.41) is 2.88. The van der Waals surface area contributed by atoms with Crippen LogP contribution in [-0.4, -0.2) is 31.1 Å². The van der Waals surface area contributed by atoms with Crippen molar-refractivity contribution < 1.29 is 14.0 Å². The zero-order valence-corrected chi connectivity index (χ0v) is 20.8. The number of benzene rings is 3. The fourth-order valence-corrected chi connectivity index (χ4v) is 5.77. The van der Waals surface area contributed by atoms with Crippen molar-refractivity contribution >= 4 is 40.5 Å². The van der Waals surface area contributed by atoms with E-state index in [1.54, 1.807) is 24.3 Å². The van der Waals surface area contributed by atoms with E-state index in [9.17, 15) is 14.0 Å². The van der Waals surface area contributed by atoms with Gasteiger partial charge in [0.2, 0.25) is 0 Å². The summed E-state index contributed by atoms with van der Waals surface area (Å²) in [7, 11) is 1.88. The minimum absolute atomic E-state index is 0.0200. The molecule has 0 bridgehead atoms. The second-order valence-corrected chi connectivity index (χ2v) is 9.88. The van der Waals surface area contributed by atoms with Crippen LogP contribution in [0.5, 0.6) is 0 Å². The first-order chi connectivity index (χ1) is 17.4. The lowest BCUT2D eigenvalue weighted by Gasteiger charge is -2.29. The Labute approximate surface area is 215 Å². The SMILES string of the molecule is CN=C1CCCC12CCN(C(=O)c1ccc(NC(=O)c3cc(F)ccc3Cl)cc1)c1ccccc1C2. The number of anilines is 2. The molecule has 1 unspecified atom stereocenters. The van der Waals surface area contributed by atoms with Crippen molar-refractivity contribution in [2.24, 2.45) is 10.4 Å². The third-order valence-electron chi connectivity index (χ3n) is 7.38. The Morgan fingerprint density at radius 3 is 2.61 bits per heavy atom. The van der Waals surface area contributed by atoms with E-state index in [1.807, 2.05) is 30.1 Å². The smallest absolute Gasteiger partial charge is 0.258 e. The molecule has 3 aromatic carbocycles. The van der Waals surface area contributed by atoms with Crippen LogP contribution in [0.1, 0.15) is 52.0 Å². The number of hydrogen-bond donors (Lipinski definition) is 1. The summed E-state index contributed by atoms with van der Waals surface area (Å²) in [5.74, 6) is -1.14. The Balaban J connectivity index is 1.37. The van der Waals surface area contributed by atoms with Gasteiger partial charge >= 0.3 is 0 Å². The Kier molecular flexibility index (Phi) is 6.63. The van der Waals surface area contributed by atoms with Gasteiger partial charge in [-0.1, -0.05) is 29.8 Å². The molecule has 184 valence electrons. The third kappa shape index (κ3) is 4.53. The van der Waals surface area contributed by atoms with Gasteiger partial charge in [0.15, 0.2) is 0 Å². The molecule has 1 aliphatic carbocycles. The van der Waals surface area contributed by atoms with Crippen molar-refractivity contribution in [2.45, 2.75) is 32.1 Å². The Morgan fingerprint density at radius 2 is 1.83 bits per heavy atom. The van der Waals surface area contributed by atoms with Crippen LogP contribution < -0.4 is 10.2 Å². The zero-order chi connectivity index (χ0) is 25.3. The molecule has 5 rings (SSSR count). The minimum Gasteiger partial charge on any atom is -0.322 e. The molecule has 1 spiro atoms. The van der Waals surface area contributed by atoms with E-state index in [4.69, 9.17) is 11.6 Å². The molecule has 0 radical (unpaired) electrons. The van der Waals surface area contributed by atoms with Crippen molar-refractivity contribution in [3.05, 3.63) is 94.3 Å². The molecule has 5 nitrogen and oxygen atoms in total. The highest BCUT2D eigenvalue weighted by Gasteiger charge is 2.42. The van der Waals surface area contributed by atoms with Crippen molar-refractivity contribution in [3.8, 4) is 0 Å². The topological polar surface area (TPSA) is 61.8 Å². The highest BCUT2D eigenvalue weighted by molar-refractivity contribution is 6.34. The normalized spacial score (nSPS) is 20.3. The predicted molar refractivity (Wildman–Crippen MR) is 142 cm³/mol. The maximum atomic E-state index is 13.7. The molecule has 1 saturated carbocycles. The number of amides is 2. The first kappa shape index (κ1) is 24.2. The van der Waals surface area contributed by atoms with Crippen LogP contribution in [0.25, 0.3) is 0 Å². The van der Waals surface area contributed by atoms with Crippen LogP contribution in [0.2, 0.25) is 5.02 Å². The molecular weight excluding hydrogens is 477 g/mol. The highest BCUT2D eigenvalue weighted by Crippen LogP contribution is 2.46. The van der Waals surface area contributed by atoms with Gasteiger partial charge in [-0.15, -0.1) is 0 Å². The lowest BCUT2D eigenvalue weighted by Crippen LogP contribution is -2.35. The standard InChI is InChI=1S/C29H27ClFN3O2/c1-32-26-7-4-14-29(26)15-16-34(25-6-3-2-5-20(25)18-29)28(36)19-8-11-22(12-9-19)33-27(35)23-17-21(31)10-13-24(23)30/h2-3,5-6,8-13,17H,4,7,14-16,18H2,1H3,(H,33,35). The fourth-order valence-electron chi connectivity index (χ4n) is 5.57. The quantitative estimate of drug-likeness (QED) is 0.439. The second-order valence-electron chi connectivity index (χ2n) is 9.47. The molecule has 7 heteroatoms. The van der Waals surface area contributed by atoms with Crippen LogP contribution in [-0.2, 0) is 6.42 Å². The van der Waals surface area contributed by atoms with E-state index in [0.717, 1.165) is 43.9 Å². The van der Waals surface area contributed by atoms with Gasteiger partial charge in [0, 0.05) is 41.7 Å². The molecule has 0 aromatic heterocycles. The largest absolute Gasteiger partial charge is 0.322 e. The van der Waals surface area contributed by atoms with E-state index in [2.05, 4.69) is 16.4 Å². The van der Waals surface area contributed by atoms with E-state index >= 15 is 0 Å².